The fourth-order valence-corrected chi connectivity index (χ4v) is 2.84. The van der Waals surface area contributed by atoms with Crippen LogP contribution in [0.1, 0.15) is 37.7 Å². The molecule has 1 saturated carbocycles. The number of amides is 1. The maximum Gasteiger partial charge on any atom is 0.227 e. The first kappa shape index (κ1) is 13.2. The van der Waals surface area contributed by atoms with Crippen LogP contribution in [0, 0.1) is 12.8 Å². The molecule has 0 bridgehead atoms. The minimum atomic E-state index is 0.0875. The van der Waals surface area contributed by atoms with Gasteiger partial charge in [0.15, 0.2) is 0 Å². The van der Waals surface area contributed by atoms with Gasteiger partial charge in [-0.2, -0.15) is 0 Å². The monoisotopic (exact) mass is 266 g/mol. The van der Waals surface area contributed by atoms with Gasteiger partial charge in [-0.05, 0) is 37.5 Å². The first-order chi connectivity index (χ1) is 8.58. The summed E-state index contributed by atoms with van der Waals surface area (Å²) in [4.78, 5) is 12.2. The number of aryl methyl sites for hydroxylation is 1. The van der Waals surface area contributed by atoms with E-state index < -0.39 is 0 Å². The van der Waals surface area contributed by atoms with Gasteiger partial charge in [0.05, 0.1) is 10.7 Å². The minimum absolute atomic E-state index is 0.0875. The van der Waals surface area contributed by atoms with E-state index in [1.807, 2.05) is 13.0 Å². The van der Waals surface area contributed by atoms with E-state index >= 15 is 0 Å². The van der Waals surface area contributed by atoms with Gasteiger partial charge in [-0.25, -0.2) is 0 Å². The van der Waals surface area contributed by atoms with Crippen LogP contribution < -0.4 is 11.1 Å². The summed E-state index contributed by atoms with van der Waals surface area (Å²) < 4.78 is 0. The predicted molar refractivity (Wildman–Crippen MR) is 75.8 cm³/mol. The molecule has 1 aromatic rings. The molecule has 1 fully saturated rings. The molecule has 18 heavy (non-hydrogen) atoms. The van der Waals surface area contributed by atoms with E-state index in [1.54, 1.807) is 6.07 Å². The Morgan fingerprint density at radius 2 is 2.00 bits per heavy atom. The topological polar surface area (TPSA) is 55.1 Å². The SMILES string of the molecule is Cc1cc(N)cc(Cl)c1NC(=O)C1CCCCC1. The summed E-state index contributed by atoms with van der Waals surface area (Å²) in [5.41, 5.74) is 7.93. The van der Waals surface area contributed by atoms with Gasteiger partial charge >= 0.3 is 0 Å². The van der Waals surface area contributed by atoms with Crippen molar-refractivity contribution in [3.05, 3.63) is 22.7 Å². The first-order valence-electron chi connectivity index (χ1n) is 6.44. The lowest BCUT2D eigenvalue weighted by molar-refractivity contribution is -0.120. The van der Waals surface area contributed by atoms with Crippen LogP contribution in [0.4, 0.5) is 11.4 Å². The quantitative estimate of drug-likeness (QED) is 0.801. The van der Waals surface area contributed by atoms with Gasteiger partial charge in [-0.3, -0.25) is 4.79 Å². The van der Waals surface area contributed by atoms with Crippen LogP contribution >= 0.6 is 11.6 Å². The van der Waals surface area contributed by atoms with Crippen molar-refractivity contribution in [1.29, 1.82) is 0 Å². The molecule has 98 valence electrons. The molecule has 1 aliphatic rings. The number of nitrogens with two attached hydrogens (primary N) is 1. The highest BCUT2D eigenvalue weighted by Crippen LogP contribution is 2.31. The van der Waals surface area contributed by atoms with Gasteiger partial charge in [-0.15, -0.1) is 0 Å². The van der Waals surface area contributed by atoms with Crippen molar-refractivity contribution < 1.29 is 4.79 Å². The zero-order valence-corrected chi connectivity index (χ0v) is 11.4. The van der Waals surface area contributed by atoms with E-state index in [9.17, 15) is 4.79 Å². The number of benzene rings is 1. The average molecular weight is 267 g/mol. The molecule has 3 nitrogen and oxygen atoms in total. The van der Waals surface area contributed by atoms with Crippen LogP contribution in [-0.4, -0.2) is 5.91 Å². The smallest absolute Gasteiger partial charge is 0.227 e. The van der Waals surface area contributed by atoms with Crippen LogP contribution in [0.25, 0.3) is 0 Å². The highest BCUT2D eigenvalue weighted by atomic mass is 35.5. The van der Waals surface area contributed by atoms with Crippen LogP contribution in [0.5, 0.6) is 0 Å². The number of nitrogen functional groups attached to an aromatic ring is 1. The number of hydrogen-bond acceptors (Lipinski definition) is 2. The van der Waals surface area contributed by atoms with Crippen molar-refractivity contribution >= 4 is 28.9 Å². The second-order valence-corrected chi connectivity index (χ2v) is 5.43. The Morgan fingerprint density at radius 1 is 1.33 bits per heavy atom. The van der Waals surface area contributed by atoms with E-state index in [4.69, 9.17) is 17.3 Å². The lowest BCUT2D eigenvalue weighted by atomic mass is 9.88. The fraction of sp³-hybridized carbons (Fsp3) is 0.500. The largest absolute Gasteiger partial charge is 0.399 e. The fourth-order valence-electron chi connectivity index (χ4n) is 2.52. The van der Waals surface area contributed by atoms with Crippen molar-refractivity contribution in [3.8, 4) is 0 Å². The Bertz CT molecular complexity index is 430. The molecular formula is C14H19ClN2O. The third-order valence-corrected chi connectivity index (χ3v) is 3.83. The molecule has 1 aliphatic carbocycles. The average Bonchev–Trinajstić information content (AvgIpc) is 2.34. The highest BCUT2D eigenvalue weighted by molar-refractivity contribution is 6.34. The van der Waals surface area contributed by atoms with Crippen LogP contribution in [-0.2, 0) is 4.79 Å². The summed E-state index contributed by atoms with van der Waals surface area (Å²) >= 11 is 6.12. The molecule has 0 aliphatic heterocycles. The Labute approximate surface area is 113 Å². The first-order valence-corrected chi connectivity index (χ1v) is 6.82. The molecule has 1 aromatic carbocycles. The van der Waals surface area contributed by atoms with Crippen molar-refractivity contribution in [3.63, 3.8) is 0 Å². The summed E-state index contributed by atoms with van der Waals surface area (Å²) in [5.74, 6) is 0.219. The minimum Gasteiger partial charge on any atom is -0.399 e. The van der Waals surface area contributed by atoms with Crippen molar-refractivity contribution in [2.75, 3.05) is 11.1 Å². The summed E-state index contributed by atoms with van der Waals surface area (Å²) in [7, 11) is 0. The second-order valence-electron chi connectivity index (χ2n) is 5.02. The Kier molecular flexibility index (Phi) is 4.12. The van der Waals surface area contributed by atoms with Gasteiger partial charge in [0.25, 0.3) is 0 Å². The molecule has 1 amide bonds. The van der Waals surface area contributed by atoms with E-state index in [1.165, 1.54) is 6.42 Å². The number of carbonyl (C=O) groups excluding carboxylic acids is 1. The van der Waals surface area contributed by atoms with E-state index in [0.29, 0.717) is 16.4 Å². The van der Waals surface area contributed by atoms with Crippen LogP contribution in [0.3, 0.4) is 0 Å². The van der Waals surface area contributed by atoms with Gasteiger partial charge in [-0.1, -0.05) is 30.9 Å². The zero-order chi connectivity index (χ0) is 13.1. The van der Waals surface area contributed by atoms with Gasteiger partial charge < -0.3 is 11.1 Å². The maximum absolute atomic E-state index is 12.2. The molecule has 0 radical (unpaired) electrons. The standard InChI is InChI=1S/C14H19ClN2O/c1-9-7-11(16)8-12(15)13(9)17-14(18)10-5-3-2-4-6-10/h7-8,10H,2-6,16H2,1H3,(H,17,18). The number of anilines is 2. The summed E-state index contributed by atoms with van der Waals surface area (Å²) in [6, 6.07) is 3.49. The third-order valence-electron chi connectivity index (χ3n) is 3.53. The second kappa shape index (κ2) is 5.61. The Balaban J connectivity index is 2.11. The van der Waals surface area contributed by atoms with Crippen LogP contribution in [0.2, 0.25) is 5.02 Å². The summed E-state index contributed by atoms with van der Waals surface area (Å²) in [6.07, 6.45) is 5.50. The number of nitrogens with one attached hydrogen (secondary N) is 1. The molecule has 0 heterocycles. The lowest BCUT2D eigenvalue weighted by Crippen LogP contribution is -2.25. The maximum atomic E-state index is 12.2. The van der Waals surface area contributed by atoms with Gasteiger partial charge in [0.2, 0.25) is 5.91 Å². The molecule has 0 atom stereocenters. The third kappa shape index (κ3) is 2.96. The highest BCUT2D eigenvalue weighted by Gasteiger charge is 2.22. The Hall–Kier alpha value is -1.22. The van der Waals surface area contributed by atoms with E-state index in [0.717, 1.165) is 31.2 Å². The Morgan fingerprint density at radius 3 is 2.61 bits per heavy atom. The molecule has 0 saturated heterocycles. The molecule has 0 aromatic heterocycles. The number of halogens is 1. The molecule has 0 spiro atoms. The van der Waals surface area contributed by atoms with Gasteiger partial charge in [0.1, 0.15) is 0 Å². The predicted octanol–water partition coefficient (Wildman–Crippen LogP) is 3.75. The molecular weight excluding hydrogens is 248 g/mol. The van der Waals surface area contributed by atoms with Crippen LogP contribution in [0.15, 0.2) is 12.1 Å². The van der Waals surface area contributed by atoms with E-state index in [2.05, 4.69) is 5.32 Å². The normalized spacial score (nSPS) is 16.6. The van der Waals surface area contributed by atoms with Crippen molar-refractivity contribution in [1.82, 2.24) is 0 Å². The lowest BCUT2D eigenvalue weighted by Gasteiger charge is -2.21. The summed E-state index contributed by atoms with van der Waals surface area (Å²) in [5, 5.41) is 3.46. The number of hydrogen-bond donors (Lipinski definition) is 2. The van der Waals surface area contributed by atoms with Crippen molar-refractivity contribution in [2.24, 2.45) is 5.92 Å². The van der Waals surface area contributed by atoms with Gasteiger partial charge in [0, 0.05) is 11.6 Å². The summed E-state index contributed by atoms with van der Waals surface area (Å²) in [6.45, 7) is 1.90. The molecule has 0 unspecified atom stereocenters. The number of rotatable bonds is 2. The van der Waals surface area contributed by atoms with E-state index in [-0.39, 0.29) is 11.8 Å². The molecule has 4 heteroatoms. The number of carbonyl (C=O) groups is 1. The zero-order valence-electron chi connectivity index (χ0n) is 10.6. The molecule has 2 rings (SSSR count). The molecule has 3 N–H and O–H groups in total. The van der Waals surface area contributed by atoms with Crippen molar-refractivity contribution in [2.45, 2.75) is 39.0 Å².